The van der Waals surface area contributed by atoms with Gasteiger partial charge in [0.05, 0.1) is 5.02 Å². The van der Waals surface area contributed by atoms with Crippen LogP contribution in [0.5, 0.6) is 0 Å². The number of dihydropyridines is 1. The highest BCUT2D eigenvalue weighted by Crippen LogP contribution is 2.45. The smallest absolute Gasteiger partial charge is 0.341 e. The van der Waals surface area contributed by atoms with Crippen molar-refractivity contribution in [2.75, 3.05) is 11.4 Å². The predicted molar refractivity (Wildman–Crippen MR) is 130 cm³/mol. The molecule has 0 aliphatic carbocycles. The monoisotopic (exact) mass is 502 g/mol. The highest BCUT2D eigenvalue weighted by atomic mass is 35.5. The summed E-state index contributed by atoms with van der Waals surface area (Å²) in [7, 11) is 0. The van der Waals surface area contributed by atoms with Crippen LogP contribution in [-0.4, -0.2) is 35.1 Å². The van der Waals surface area contributed by atoms with Crippen molar-refractivity contribution in [1.29, 1.82) is 0 Å². The van der Waals surface area contributed by atoms with Gasteiger partial charge in [-0.15, -0.1) is 0 Å². The van der Waals surface area contributed by atoms with E-state index in [4.69, 9.17) is 11.6 Å². The van der Waals surface area contributed by atoms with E-state index < -0.39 is 18.0 Å². The third-order valence-corrected chi connectivity index (χ3v) is 6.92. The molecule has 6 nitrogen and oxygen atoms in total. The van der Waals surface area contributed by atoms with Crippen LogP contribution in [0.1, 0.15) is 37.8 Å². The van der Waals surface area contributed by atoms with Gasteiger partial charge in [0.1, 0.15) is 6.04 Å². The molecule has 0 amide bonds. The average molecular weight is 503 g/mol. The number of benzene rings is 2. The van der Waals surface area contributed by atoms with Gasteiger partial charge in [-0.3, -0.25) is 14.5 Å². The van der Waals surface area contributed by atoms with Crippen molar-refractivity contribution in [2.45, 2.75) is 44.3 Å². The molecular weight excluding hydrogens is 481 g/mol. The number of aliphatic imine (C=N–C) groups is 1. The minimum atomic E-state index is -4.34. The zero-order valence-corrected chi connectivity index (χ0v) is 19.7. The maximum atomic E-state index is 13.0. The van der Waals surface area contributed by atoms with Crippen molar-refractivity contribution >= 4 is 34.8 Å². The summed E-state index contributed by atoms with van der Waals surface area (Å²) in [4.78, 5) is 19.7. The Balaban J connectivity index is 1.48. The predicted octanol–water partition coefficient (Wildman–Crippen LogP) is 6.29. The Bertz CT molecular complexity index is 1400. The molecule has 2 aliphatic heterocycles. The van der Waals surface area contributed by atoms with Crippen molar-refractivity contribution in [2.24, 2.45) is 4.99 Å². The molecule has 0 radical (unpaired) electrons. The van der Waals surface area contributed by atoms with Gasteiger partial charge in [-0.1, -0.05) is 42.7 Å². The van der Waals surface area contributed by atoms with Crippen LogP contribution in [0.15, 0.2) is 56.8 Å². The average Bonchev–Trinajstić information content (AvgIpc) is 3.24. The largest absolute Gasteiger partial charge is 0.439 e. The molecule has 35 heavy (non-hydrogen) atoms. The maximum Gasteiger partial charge on any atom is 0.439 e. The molecule has 10 heteroatoms. The molecule has 0 saturated heterocycles. The summed E-state index contributed by atoms with van der Waals surface area (Å²) in [6, 6.07) is 9.76. The molecule has 1 atom stereocenters. The molecule has 5 rings (SSSR count). The van der Waals surface area contributed by atoms with Crippen LogP contribution in [0.3, 0.4) is 0 Å². The second-order valence-electron chi connectivity index (χ2n) is 9.36. The fourth-order valence-electron chi connectivity index (χ4n) is 4.55. The molecule has 0 bridgehead atoms. The standard InChI is InChI=1S/C25H22ClF3N4O2/c1-24(2)9-10-33(16-5-6-17(19(26)12-16)22-31-23(34)35-32-22)20-7-3-14(11-18(20)24)15-4-8-21(30-13-15)25(27,28)29/h3-7,11-13,21H,8-10H2,1-2H3,(H,31,32,34). The molecule has 0 fully saturated rings. The number of alkyl halides is 3. The summed E-state index contributed by atoms with van der Waals surface area (Å²) in [5, 5.41) is 4.11. The number of fused-ring (bicyclic) bond motifs is 1. The van der Waals surface area contributed by atoms with E-state index in [9.17, 15) is 18.0 Å². The van der Waals surface area contributed by atoms with Gasteiger partial charge in [-0.2, -0.15) is 13.2 Å². The van der Waals surface area contributed by atoms with Gasteiger partial charge in [0.2, 0.25) is 0 Å². The van der Waals surface area contributed by atoms with E-state index in [-0.39, 0.29) is 17.7 Å². The van der Waals surface area contributed by atoms with E-state index in [1.54, 1.807) is 12.1 Å². The lowest BCUT2D eigenvalue weighted by molar-refractivity contribution is -0.146. The SMILES string of the molecule is CC1(C)CCN(c2ccc(-c3noc(=O)[nH]3)c(Cl)c2)c2ccc(C3=CCC(C(F)(F)F)N=C3)cc21. The molecule has 1 aromatic heterocycles. The number of hydrogen-bond donors (Lipinski definition) is 1. The van der Waals surface area contributed by atoms with Gasteiger partial charge in [0.25, 0.3) is 0 Å². The second kappa shape index (κ2) is 8.41. The Kier molecular flexibility index (Phi) is 5.62. The summed E-state index contributed by atoms with van der Waals surface area (Å²) in [5.74, 6) is -0.401. The topological polar surface area (TPSA) is 74.5 Å². The summed E-state index contributed by atoms with van der Waals surface area (Å²) in [5.41, 5.74) is 4.92. The lowest BCUT2D eigenvalue weighted by atomic mass is 9.76. The fourth-order valence-corrected chi connectivity index (χ4v) is 4.81. The minimum absolute atomic E-state index is 0.132. The van der Waals surface area contributed by atoms with Gasteiger partial charge in [-0.25, -0.2) is 4.79 Å². The van der Waals surface area contributed by atoms with E-state index in [0.717, 1.165) is 35.5 Å². The van der Waals surface area contributed by atoms with Crippen LogP contribution >= 0.6 is 11.6 Å². The van der Waals surface area contributed by atoms with E-state index in [1.165, 1.54) is 6.21 Å². The molecule has 1 N–H and O–H groups in total. The summed E-state index contributed by atoms with van der Waals surface area (Å²) in [6.45, 7) is 5.08. The highest BCUT2D eigenvalue weighted by Gasteiger charge is 2.39. The molecule has 0 spiro atoms. The number of aromatic nitrogens is 2. The Labute approximate surface area is 204 Å². The first-order valence-corrected chi connectivity index (χ1v) is 11.5. The highest BCUT2D eigenvalue weighted by molar-refractivity contribution is 6.33. The number of H-pyrrole nitrogens is 1. The molecule has 3 aromatic rings. The van der Waals surface area contributed by atoms with E-state index in [2.05, 4.69) is 38.4 Å². The maximum absolute atomic E-state index is 13.0. The van der Waals surface area contributed by atoms with Gasteiger partial charge in [0.15, 0.2) is 5.82 Å². The van der Waals surface area contributed by atoms with Crippen LogP contribution < -0.4 is 10.7 Å². The molecule has 182 valence electrons. The van der Waals surface area contributed by atoms with Crippen molar-refractivity contribution in [1.82, 2.24) is 10.1 Å². The molecule has 2 aromatic carbocycles. The van der Waals surface area contributed by atoms with Crippen LogP contribution in [0, 0.1) is 0 Å². The number of anilines is 2. The molecular formula is C25H22ClF3N4O2. The Morgan fingerprint density at radius 1 is 1.20 bits per heavy atom. The first-order valence-electron chi connectivity index (χ1n) is 11.1. The van der Waals surface area contributed by atoms with Gasteiger partial charge >= 0.3 is 11.9 Å². The molecule has 0 saturated carbocycles. The molecule has 1 unspecified atom stereocenters. The van der Waals surface area contributed by atoms with Gasteiger partial charge < -0.3 is 4.90 Å². The lowest BCUT2D eigenvalue weighted by Crippen LogP contribution is -2.34. The lowest BCUT2D eigenvalue weighted by Gasteiger charge is -2.40. The number of halogens is 4. The van der Waals surface area contributed by atoms with Crippen LogP contribution in [0.25, 0.3) is 17.0 Å². The number of rotatable bonds is 3. The Morgan fingerprint density at radius 2 is 2.00 bits per heavy atom. The fraction of sp³-hybridized carbons (Fsp3) is 0.320. The van der Waals surface area contributed by atoms with Crippen LogP contribution in [-0.2, 0) is 5.41 Å². The number of nitrogens with one attached hydrogen (secondary N) is 1. The van der Waals surface area contributed by atoms with Crippen molar-refractivity contribution in [3.8, 4) is 11.4 Å². The quantitative estimate of drug-likeness (QED) is 0.456. The van der Waals surface area contributed by atoms with E-state index in [1.807, 2.05) is 30.3 Å². The van der Waals surface area contributed by atoms with Crippen molar-refractivity contribution in [3.63, 3.8) is 0 Å². The Hall–Kier alpha value is -3.33. The number of aromatic amines is 1. The third kappa shape index (κ3) is 4.40. The van der Waals surface area contributed by atoms with E-state index >= 15 is 0 Å². The normalized spacial score (nSPS) is 19.4. The molecule has 2 aliphatic rings. The summed E-state index contributed by atoms with van der Waals surface area (Å²) >= 11 is 6.51. The Morgan fingerprint density at radius 3 is 2.63 bits per heavy atom. The first kappa shape index (κ1) is 23.4. The number of hydrogen-bond acceptors (Lipinski definition) is 5. The summed E-state index contributed by atoms with van der Waals surface area (Å²) < 4.78 is 43.5. The van der Waals surface area contributed by atoms with Crippen LogP contribution in [0.4, 0.5) is 24.5 Å². The minimum Gasteiger partial charge on any atom is -0.341 e. The van der Waals surface area contributed by atoms with Crippen molar-refractivity contribution in [3.05, 3.63) is 69.2 Å². The van der Waals surface area contributed by atoms with E-state index in [0.29, 0.717) is 16.2 Å². The van der Waals surface area contributed by atoms with Crippen molar-refractivity contribution < 1.29 is 17.7 Å². The van der Waals surface area contributed by atoms with Crippen LogP contribution in [0.2, 0.25) is 5.02 Å². The molecule has 3 heterocycles. The second-order valence-corrected chi connectivity index (χ2v) is 9.76. The third-order valence-electron chi connectivity index (χ3n) is 6.60. The van der Waals surface area contributed by atoms with Gasteiger partial charge in [0, 0.05) is 29.7 Å². The zero-order chi connectivity index (χ0) is 25.0. The van der Waals surface area contributed by atoms with Gasteiger partial charge in [-0.05, 0) is 65.3 Å². The number of nitrogens with zero attached hydrogens (tertiary/aromatic N) is 3. The zero-order valence-electron chi connectivity index (χ0n) is 19.0. The first-order chi connectivity index (χ1) is 16.5. The summed E-state index contributed by atoms with van der Waals surface area (Å²) in [6.07, 6.45) is -0.708. The number of allylic oxidation sites excluding steroid dienone is 1.